The van der Waals surface area contributed by atoms with E-state index in [9.17, 15) is 0 Å². The van der Waals surface area contributed by atoms with E-state index >= 15 is 0 Å². The second-order valence-electron chi connectivity index (χ2n) is 5.43. The van der Waals surface area contributed by atoms with Crippen LogP contribution in [0.1, 0.15) is 45.2 Å². The summed E-state index contributed by atoms with van der Waals surface area (Å²) in [5.41, 5.74) is 1.24. The van der Waals surface area contributed by atoms with E-state index in [1.54, 1.807) is 7.11 Å². The van der Waals surface area contributed by atoms with Gasteiger partial charge in [-0.25, -0.2) is 0 Å². The number of nitrogens with one attached hydrogen (secondary N) is 1. The predicted octanol–water partition coefficient (Wildman–Crippen LogP) is 3.47. The molecule has 0 spiro atoms. The van der Waals surface area contributed by atoms with Crippen LogP contribution in [0.25, 0.3) is 0 Å². The molecule has 20 heavy (non-hydrogen) atoms. The number of hydrogen-bond acceptors (Lipinski definition) is 3. The molecule has 0 aliphatic heterocycles. The van der Waals surface area contributed by atoms with Crippen LogP contribution in [0.2, 0.25) is 0 Å². The van der Waals surface area contributed by atoms with Crippen LogP contribution in [0.5, 0.6) is 5.75 Å². The molecule has 2 unspecified atom stereocenters. The summed E-state index contributed by atoms with van der Waals surface area (Å²) >= 11 is 0. The fraction of sp³-hybridized carbons (Fsp3) is 0.647. The molecule has 0 heterocycles. The van der Waals surface area contributed by atoms with Gasteiger partial charge < -0.3 is 15.0 Å². The minimum absolute atomic E-state index is 0.306. The lowest BCUT2D eigenvalue weighted by Crippen LogP contribution is -2.37. The zero-order valence-corrected chi connectivity index (χ0v) is 13.6. The SMILES string of the molecule is CCCC(C)N(C)CC(NCC)c1ccccc1OC. The van der Waals surface area contributed by atoms with Gasteiger partial charge in [-0.15, -0.1) is 0 Å². The highest BCUT2D eigenvalue weighted by Gasteiger charge is 2.19. The van der Waals surface area contributed by atoms with E-state index in [0.717, 1.165) is 18.8 Å². The Morgan fingerprint density at radius 3 is 2.55 bits per heavy atom. The molecule has 0 bridgehead atoms. The van der Waals surface area contributed by atoms with Crippen LogP contribution in [0.4, 0.5) is 0 Å². The Morgan fingerprint density at radius 1 is 1.25 bits per heavy atom. The van der Waals surface area contributed by atoms with Crippen LogP contribution in [0.15, 0.2) is 24.3 Å². The van der Waals surface area contributed by atoms with Crippen molar-refractivity contribution < 1.29 is 4.74 Å². The molecule has 2 atom stereocenters. The molecule has 0 radical (unpaired) electrons. The first kappa shape index (κ1) is 17.0. The molecule has 3 nitrogen and oxygen atoms in total. The molecule has 1 rings (SSSR count). The van der Waals surface area contributed by atoms with Gasteiger partial charge in [0.1, 0.15) is 5.75 Å². The molecular weight excluding hydrogens is 248 g/mol. The molecule has 1 aromatic carbocycles. The monoisotopic (exact) mass is 278 g/mol. The summed E-state index contributed by atoms with van der Waals surface area (Å²) in [6, 6.07) is 9.21. The molecule has 0 aliphatic carbocycles. The largest absolute Gasteiger partial charge is 0.496 e. The van der Waals surface area contributed by atoms with Crippen molar-refractivity contribution in [3.8, 4) is 5.75 Å². The molecule has 114 valence electrons. The van der Waals surface area contributed by atoms with Gasteiger partial charge in [0.15, 0.2) is 0 Å². The summed E-state index contributed by atoms with van der Waals surface area (Å²) in [7, 11) is 3.95. The Hall–Kier alpha value is -1.06. The van der Waals surface area contributed by atoms with Crippen molar-refractivity contribution in [1.29, 1.82) is 0 Å². The molecule has 0 aliphatic rings. The lowest BCUT2D eigenvalue weighted by molar-refractivity contribution is 0.218. The lowest BCUT2D eigenvalue weighted by Gasteiger charge is -2.30. The van der Waals surface area contributed by atoms with Gasteiger partial charge in [-0.2, -0.15) is 0 Å². The van der Waals surface area contributed by atoms with Crippen LogP contribution in [0, 0.1) is 0 Å². The predicted molar refractivity (Wildman–Crippen MR) is 86.4 cm³/mol. The highest BCUT2D eigenvalue weighted by atomic mass is 16.5. The average Bonchev–Trinajstić information content (AvgIpc) is 2.46. The van der Waals surface area contributed by atoms with Gasteiger partial charge in [0, 0.05) is 24.2 Å². The number of nitrogens with zero attached hydrogens (tertiary/aromatic N) is 1. The normalized spacial score (nSPS) is 14.3. The number of para-hydroxylation sites is 1. The van der Waals surface area contributed by atoms with Crippen molar-refractivity contribution in [3.05, 3.63) is 29.8 Å². The van der Waals surface area contributed by atoms with Crippen molar-refractivity contribution in [2.75, 3.05) is 27.2 Å². The van der Waals surface area contributed by atoms with Crippen molar-refractivity contribution in [2.24, 2.45) is 0 Å². The van der Waals surface area contributed by atoms with Crippen molar-refractivity contribution >= 4 is 0 Å². The first-order chi connectivity index (χ1) is 9.63. The van der Waals surface area contributed by atoms with Crippen molar-refractivity contribution in [3.63, 3.8) is 0 Å². The Morgan fingerprint density at radius 2 is 1.95 bits per heavy atom. The lowest BCUT2D eigenvalue weighted by atomic mass is 10.0. The van der Waals surface area contributed by atoms with E-state index in [1.165, 1.54) is 18.4 Å². The van der Waals surface area contributed by atoms with E-state index in [0.29, 0.717) is 12.1 Å². The van der Waals surface area contributed by atoms with E-state index in [1.807, 2.05) is 12.1 Å². The third-order valence-electron chi connectivity index (χ3n) is 3.89. The second kappa shape index (κ2) is 8.98. The van der Waals surface area contributed by atoms with E-state index in [4.69, 9.17) is 4.74 Å². The molecule has 0 saturated heterocycles. The quantitative estimate of drug-likeness (QED) is 0.748. The van der Waals surface area contributed by atoms with Crippen molar-refractivity contribution in [2.45, 2.75) is 45.7 Å². The molecule has 0 fully saturated rings. The van der Waals surface area contributed by atoms with E-state index in [2.05, 4.69) is 50.2 Å². The second-order valence-corrected chi connectivity index (χ2v) is 5.43. The van der Waals surface area contributed by atoms with Crippen LogP contribution in [-0.4, -0.2) is 38.2 Å². The maximum absolute atomic E-state index is 5.50. The van der Waals surface area contributed by atoms with Crippen LogP contribution < -0.4 is 10.1 Å². The van der Waals surface area contributed by atoms with Gasteiger partial charge in [0.05, 0.1) is 7.11 Å². The number of ether oxygens (including phenoxy) is 1. The van der Waals surface area contributed by atoms with Gasteiger partial charge >= 0.3 is 0 Å². The topological polar surface area (TPSA) is 24.5 Å². The van der Waals surface area contributed by atoms with Gasteiger partial charge in [-0.05, 0) is 33.0 Å². The van der Waals surface area contributed by atoms with Crippen LogP contribution in [0.3, 0.4) is 0 Å². The molecule has 0 aromatic heterocycles. The third kappa shape index (κ3) is 4.80. The van der Waals surface area contributed by atoms with E-state index < -0.39 is 0 Å². The minimum Gasteiger partial charge on any atom is -0.496 e. The fourth-order valence-electron chi connectivity index (χ4n) is 2.58. The van der Waals surface area contributed by atoms with Crippen LogP contribution in [-0.2, 0) is 0 Å². The number of benzene rings is 1. The van der Waals surface area contributed by atoms with Crippen molar-refractivity contribution in [1.82, 2.24) is 10.2 Å². The number of likely N-dealkylation sites (N-methyl/N-ethyl adjacent to an activating group) is 2. The smallest absolute Gasteiger partial charge is 0.123 e. The number of methoxy groups -OCH3 is 1. The Kier molecular flexibility index (Phi) is 7.63. The first-order valence-electron chi connectivity index (χ1n) is 7.70. The van der Waals surface area contributed by atoms with Gasteiger partial charge in [0.25, 0.3) is 0 Å². The number of rotatable bonds is 9. The Balaban J connectivity index is 2.83. The number of hydrogen-bond donors (Lipinski definition) is 1. The average molecular weight is 278 g/mol. The molecular formula is C17H30N2O. The Labute approximate surface area is 124 Å². The highest BCUT2D eigenvalue weighted by Crippen LogP contribution is 2.25. The summed E-state index contributed by atoms with van der Waals surface area (Å²) < 4.78 is 5.50. The van der Waals surface area contributed by atoms with Crippen LogP contribution >= 0.6 is 0 Å². The zero-order chi connectivity index (χ0) is 15.0. The zero-order valence-electron chi connectivity index (χ0n) is 13.6. The summed E-state index contributed by atoms with van der Waals surface area (Å²) in [4.78, 5) is 2.43. The maximum Gasteiger partial charge on any atom is 0.123 e. The van der Waals surface area contributed by atoms with E-state index in [-0.39, 0.29) is 0 Å². The molecule has 1 N–H and O–H groups in total. The standard InChI is InChI=1S/C17H30N2O/c1-6-10-14(3)19(4)13-16(18-7-2)15-11-8-9-12-17(15)20-5/h8-9,11-12,14,16,18H,6-7,10,13H2,1-5H3. The minimum atomic E-state index is 0.306. The summed E-state index contributed by atoms with van der Waals surface area (Å²) in [5.74, 6) is 0.968. The summed E-state index contributed by atoms with van der Waals surface area (Å²) in [6.07, 6.45) is 2.47. The highest BCUT2D eigenvalue weighted by molar-refractivity contribution is 5.36. The van der Waals surface area contributed by atoms with Gasteiger partial charge in [-0.3, -0.25) is 0 Å². The molecule has 0 amide bonds. The van der Waals surface area contributed by atoms with Gasteiger partial charge in [-0.1, -0.05) is 38.5 Å². The fourth-order valence-corrected chi connectivity index (χ4v) is 2.58. The maximum atomic E-state index is 5.50. The molecule has 1 aromatic rings. The molecule has 0 saturated carbocycles. The summed E-state index contributed by atoms with van der Waals surface area (Å²) in [6.45, 7) is 8.65. The third-order valence-corrected chi connectivity index (χ3v) is 3.89. The van der Waals surface area contributed by atoms with Gasteiger partial charge in [0.2, 0.25) is 0 Å². The Bertz CT molecular complexity index is 381. The first-order valence-corrected chi connectivity index (χ1v) is 7.70. The summed E-state index contributed by atoms with van der Waals surface area (Å²) in [5, 5.41) is 3.58. The molecule has 3 heteroatoms.